The number of hydrogen-bond acceptors (Lipinski definition) is 2. The molecule has 2 heteroatoms. The van der Waals surface area contributed by atoms with E-state index in [2.05, 4.69) is 31.2 Å². The molecule has 1 saturated carbocycles. The van der Waals surface area contributed by atoms with E-state index in [4.69, 9.17) is 9.47 Å². The van der Waals surface area contributed by atoms with Gasteiger partial charge in [0.05, 0.1) is 13.2 Å². The average Bonchev–Trinajstić information content (AvgIpc) is 2.63. The molecule has 2 nitrogen and oxygen atoms in total. The lowest BCUT2D eigenvalue weighted by Gasteiger charge is -2.44. The predicted molar refractivity (Wildman–Crippen MR) is 106 cm³/mol. The normalized spacial score (nSPS) is 22.6. The minimum Gasteiger partial charge on any atom is -0.497 e. The molecule has 1 aliphatic carbocycles. The first-order valence-corrected chi connectivity index (χ1v) is 10.4. The van der Waals surface area contributed by atoms with Crippen molar-refractivity contribution in [3.8, 4) is 5.75 Å². The van der Waals surface area contributed by atoms with Gasteiger partial charge >= 0.3 is 0 Å². The molecule has 0 aliphatic heterocycles. The van der Waals surface area contributed by atoms with Crippen molar-refractivity contribution in [1.82, 2.24) is 0 Å². The highest BCUT2D eigenvalue weighted by Gasteiger charge is 2.39. The quantitative estimate of drug-likeness (QED) is 0.384. The third-order valence-electron chi connectivity index (χ3n) is 5.93. The molecule has 3 atom stereocenters. The van der Waals surface area contributed by atoms with Gasteiger partial charge in [0.2, 0.25) is 0 Å². The van der Waals surface area contributed by atoms with Gasteiger partial charge in [-0.3, -0.25) is 0 Å². The van der Waals surface area contributed by atoms with E-state index in [0.717, 1.165) is 17.6 Å². The van der Waals surface area contributed by atoms with Crippen molar-refractivity contribution in [2.45, 2.75) is 83.7 Å². The molecule has 0 heterocycles. The van der Waals surface area contributed by atoms with Crippen LogP contribution in [0, 0.1) is 11.8 Å². The van der Waals surface area contributed by atoms with Crippen molar-refractivity contribution in [3.05, 3.63) is 29.8 Å². The summed E-state index contributed by atoms with van der Waals surface area (Å²) >= 11 is 0. The summed E-state index contributed by atoms with van der Waals surface area (Å²) in [5.74, 6) is 2.55. The number of aryl methyl sites for hydroxylation is 1. The van der Waals surface area contributed by atoms with Gasteiger partial charge in [0.15, 0.2) is 0 Å². The topological polar surface area (TPSA) is 18.5 Å². The van der Waals surface area contributed by atoms with E-state index in [1.807, 2.05) is 7.11 Å². The summed E-state index contributed by atoms with van der Waals surface area (Å²) in [6.45, 7) is 2.28. The Balaban J connectivity index is 1.58. The fraction of sp³-hybridized carbons (Fsp3) is 0.739. The summed E-state index contributed by atoms with van der Waals surface area (Å²) in [6.07, 6.45) is 15.4. The van der Waals surface area contributed by atoms with Crippen LogP contribution < -0.4 is 4.74 Å². The number of hydrogen-bond donors (Lipinski definition) is 0. The van der Waals surface area contributed by atoms with Crippen molar-refractivity contribution in [1.29, 1.82) is 0 Å². The number of unbranched alkanes of at least 4 members (excludes halogenated alkanes) is 5. The van der Waals surface area contributed by atoms with Crippen molar-refractivity contribution >= 4 is 0 Å². The Morgan fingerprint density at radius 2 is 1.48 bits per heavy atom. The van der Waals surface area contributed by atoms with Crippen LogP contribution in [-0.2, 0) is 11.2 Å². The maximum Gasteiger partial charge on any atom is 0.118 e. The lowest BCUT2D eigenvalue weighted by Crippen LogP contribution is -2.43. The standard InChI is InChI=1S/C23H38O2/c1-4-5-6-7-8-9-12-20-18-21(23(20)25-3)13-10-11-19-14-16-22(24-2)17-15-19/h14-17,20-21,23H,4-13,18H2,1-3H3/t20?,21-,23?/m0/s1. The Hall–Kier alpha value is -1.02. The summed E-state index contributed by atoms with van der Waals surface area (Å²) in [5.41, 5.74) is 1.41. The van der Waals surface area contributed by atoms with E-state index in [0.29, 0.717) is 6.10 Å². The van der Waals surface area contributed by atoms with Crippen LogP contribution in [0.1, 0.15) is 76.7 Å². The van der Waals surface area contributed by atoms with Crippen LogP contribution in [-0.4, -0.2) is 20.3 Å². The zero-order chi connectivity index (χ0) is 17.9. The molecule has 25 heavy (non-hydrogen) atoms. The van der Waals surface area contributed by atoms with Gasteiger partial charge in [-0.15, -0.1) is 0 Å². The number of benzene rings is 1. The van der Waals surface area contributed by atoms with Gasteiger partial charge in [0.25, 0.3) is 0 Å². The van der Waals surface area contributed by atoms with Gasteiger partial charge in [0.1, 0.15) is 5.75 Å². The lowest BCUT2D eigenvalue weighted by atomic mass is 9.67. The van der Waals surface area contributed by atoms with Gasteiger partial charge in [0, 0.05) is 7.11 Å². The molecule has 0 bridgehead atoms. The second-order valence-electron chi connectivity index (χ2n) is 7.75. The number of ether oxygens (including phenoxy) is 2. The van der Waals surface area contributed by atoms with Gasteiger partial charge in [-0.2, -0.15) is 0 Å². The van der Waals surface area contributed by atoms with Crippen LogP contribution in [0.2, 0.25) is 0 Å². The van der Waals surface area contributed by atoms with E-state index in [1.54, 1.807) is 7.11 Å². The van der Waals surface area contributed by atoms with E-state index in [9.17, 15) is 0 Å². The largest absolute Gasteiger partial charge is 0.497 e. The minimum atomic E-state index is 0.520. The Labute approximate surface area is 155 Å². The lowest BCUT2D eigenvalue weighted by molar-refractivity contribution is -0.0791. The van der Waals surface area contributed by atoms with Crippen LogP contribution in [0.15, 0.2) is 24.3 Å². The number of rotatable bonds is 13. The second-order valence-corrected chi connectivity index (χ2v) is 7.75. The van der Waals surface area contributed by atoms with E-state index in [1.165, 1.54) is 76.2 Å². The summed E-state index contributed by atoms with van der Waals surface area (Å²) < 4.78 is 11.0. The SMILES string of the molecule is CCCCCCCCC1C[C@H](CCCc2ccc(OC)cc2)C1OC. The molecule has 2 rings (SSSR count). The van der Waals surface area contributed by atoms with E-state index < -0.39 is 0 Å². The average molecular weight is 347 g/mol. The molecule has 0 N–H and O–H groups in total. The molecule has 0 saturated heterocycles. The maximum absolute atomic E-state index is 5.82. The van der Waals surface area contributed by atoms with Crippen LogP contribution >= 0.6 is 0 Å². The highest BCUT2D eigenvalue weighted by Crippen LogP contribution is 2.42. The number of methoxy groups -OCH3 is 2. The molecule has 1 aromatic rings. The monoisotopic (exact) mass is 346 g/mol. The molecule has 0 aromatic heterocycles. The first-order valence-electron chi connectivity index (χ1n) is 10.4. The van der Waals surface area contributed by atoms with Crippen LogP contribution in [0.25, 0.3) is 0 Å². The van der Waals surface area contributed by atoms with Crippen molar-refractivity contribution in [2.75, 3.05) is 14.2 Å². The van der Waals surface area contributed by atoms with Gasteiger partial charge in [-0.05, 0) is 61.6 Å². The van der Waals surface area contributed by atoms with Crippen molar-refractivity contribution in [3.63, 3.8) is 0 Å². The zero-order valence-electron chi connectivity index (χ0n) is 16.6. The highest BCUT2D eigenvalue weighted by atomic mass is 16.5. The van der Waals surface area contributed by atoms with Crippen LogP contribution in [0.5, 0.6) is 5.75 Å². The van der Waals surface area contributed by atoms with Crippen molar-refractivity contribution in [2.24, 2.45) is 11.8 Å². The molecule has 1 aromatic carbocycles. The third-order valence-corrected chi connectivity index (χ3v) is 5.93. The summed E-state index contributed by atoms with van der Waals surface area (Å²) in [7, 11) is 3.63. The molecule has 2 unspecified atom stereocenters. The molecule has 142 valence electrons. The highest BCUT2D eigenvalue weighted by molar-refractivity contribution is 5.27. The van der Waals surface area contributed by atoms with Crippen LogP contribution in [0.4, 0.5) is 0 Å². The second kappa shape index (κ2) is 11.6. The predicted octanol–water partition coefficient (Wildman–Crippen LogP) is 6.42. The first kappa shape index (κ1) is 20.3. The smallest absolute Gasteiger partial charge is 0.118 e. The maximum atomic E-state index is 5.82. The third kappa shape index (κ3) is 6.66. The zero-order valence-corrected chi connectivity index (χ0v) is 16.6. The van der Waals surface area contributed by atoms with Crippen LogP contribution in [0.3, 0.4) is 0 Å². The van der Waals surface area contributed by atoms with E-state index >= 15 is 0 Å². The summed E-state index contributed by atoms with van der Waals surface area (Å²) in [4.78, 5) is 0. The summed E-state index contributed by atoms with van der Waals surface area (Å²) in [6, 6.07) is 8.50. The Bertz CT molecular complexity index is 454. The molecule has 0 amide bonds. The minimum absolute atomic E-state index is 0.520. The molecule has 1 aliphatic rings. The Morgan fingerprint density at radius 1 is 0.840 bits per heavy atom. The van der Waals surface area contributed by atoms with E-state index in [-0.39, 0.29) is 0 Å². The van der Waals surface area contributed by atoms with Gasteiger partial charge in [-0.1, -0.05) is 57.6 Å². The molecular weight excluding hydrogens is 308 g/mol. The van der Waals surface area contributed by atoms with Crippen molar-refractivity contribution < 1.29 is 9.47 Å². The fourth-order valence-corrected chi connectivity index (χ4v) is 4.34. The Kier molecular flexibility index (Phi) is 9.39. The molecule has 0 spiro atoms. The molecular formula is C23H38O2. The Morgan fingerprint density at radius 3 is 2.12 bits per heavy atom. The molecule has 1 fully saturated rings. The summed E-state index contributed by atoms with van der Waals surface area (Å²) in [5, 5.41) is 0. The fourth-order valence-electron chi connectivity index (χ4n) is 4.34. The van der Waals surface area contributed by atoms with Gasteiger partial charge < -0.3 is 9.47 Å². The van der Waals surface area contributed by atoms with Gasteiger partial charge in [-0.25, -0.2) is 0 Å². The molecule has 0 radical (unpaired) electrons. The first-order chi connectivity index (χ1) is 12.3.